The summed E-state index contributed by atoms with van der Waals surface area (Å²) in [4.78, 5) is 30.5. The van der Waals surface area contributed by atoms with Gasteiger partial charge in [-0.1, -0.05) is 18.2 Å². The number of hydrogen-bond acceptors (Lipinski definition) is 5. The van der Waals surface area contributed by atoms with Gasteiger partial charge in [0.25, 0.3) is 0 Å². The van der Waals surface area contributed by atoms with Gasteiger partial charge in [0.05, 0.1) is 12.8 Å². The molecule has 13 heteroatoms. The van der Waals surface area contributed by atoms with Gasteiger partial charge in [0, 0.05) is 0 Å². The van der Waals surface area contributed by atoms with E-state index in [-0.39, 0.29) is 104 Å². The van der Waals surface area contributed by atoms with Gasteiger partial charge >= 0.3 is 107 Å². The van der Waals surface area contributed by atoms with Crippen LogP contribution in [0.2, 0.25) is 0 Å². The number of aliphatic carboxylic acids is 3. The van der Waals surface area contributed by atoms with Crippen LogP contribution in [0.15, 0.2) is 30.3 Å². The summed E-state index contributed by atoms with van der Waals surface area (Å²) in [6.45, 7) is 0. The van der Waals surface area contributed by atoms with Crippen molar-refractivity contribution in [2.45, 2.75) is 18.4 Å². The van der Waals surface area contributed by atoms with E-state index in [4.69, 9.17) is 25.5 Å². The Hall–Kier alpha value is 0.310. The zero-order valence-electron chi connectivity index (χ0n) is 17.3. The van der Waals surface area contributed by atoms with Crippen LogP contribution in [-0.4, -0.2) is 60.0 Å². The number of carboxylic acid groups (broad SMARTS) is 3. The summed E-state index contributed by atoms with van der Waals surface area (Å²) >= 11 is 0. The minimum atomic E-state index is -2.74. The first-order chi connectivity index (χ1) is 9.17. The second-order valence-electron chi connectivity index (χ2n) is 3.81. The molecule has 0 fully saturated rings. The molecule has 0 heterocycles. The van der Waals surface area contributed by atoms with Crippen LogP contribution in [0.4, 0.5) is 0 Å². The molecule has 1 rings (SSSR count). The molecule has 0 saturated carbocycles. The van der Waals surface area contributed by atoms with Crippen molar-refractivity contribution in [2.24, 2.45) is 0 Å². The topological polar surface area (TPSA) is 215 Å². The van der Waals surface area contributed by atoms with Crippen LogP contribution in [0.3, 0.4) is 0 Å². The van der Waals surface area contributed by atoms with E-state index < -0.39 is 36.4 Å². The quantitative estimate of drug-likeness (QED) is 0.301. The van der Waals surface area contributed by atoms with Crippen molar-refractivity contribution in [3.05, 3.63) is 30.3 Å². The van der Waals surface area contributed by atoms with Gasteiger partial charge in [-0.3, -0.25) is 9.59 Å². The minimum absolute atomic E-state index is 0. The van der Waals surface area contributed by atoms with Crippen LogP contribution >= 0.6 is 0 Å². The average molecular weight is 394 g/mol. The molecule has 0 radical (unpaired) electrons. The molecule has 10 nitrogen and oxygen atoms in total. The van der Waals surface area contributed by atoms with Crippen molar-refractivity contribution in [1.82, 2.24) is 0 Å². The summed E-state index contributed by atoms with van der Waals surface area (Å²) < 4.78 is 0. The largest absolute Gasteiger partial charge is 1.00 e. The molecule has 0 aliphatic heterocycles. The van der Waals surface area contributed by atoms with Crippen LogP contribution in [0.25, 0.3) is 0 Å². The third-order valence-corrected chi connectivity index (χ3v) is 2.04. The minimum Gasteiger partial charge on any atom is -1.00 e. The molecule has 0 bridgehead atoms. The smallest absolute Gasteiger partial charge is 1.00 e. The Morgan fingerprint density at radius 2 is 1.16 bits per heavy atom. The number of benzene rings is 1. The van der Waals surface area contributed by atoms with E-state index in [1.54, 1.807) is 24.3 Å². The molecule has 1 aromatic rings. The maximum atomic E-state index is 10.3. The van der Waals surface area contributed by atoms with Crippen LogP contribution in [0.1, 0.15) is 17.1 Å². The maximum absolute atomic E-state index is 10.3. The molecule has 0 saturated heterocycles. The van der Waals surface area contributed by atoms with E-state index in [1.807, 2.05) is 6.07 Å². The number of phenolic OH excluding ortho intramolecular Hbond substituents is 1. The molecule has 9 N–H and O–H groups in total. The molecule has 132 valence electrons. The van der Waals surface area contributed by atoms with Gasteiger partial charge in [0.1, 0.15) is 5.75 Å². The van der Waals surface area contributed by atoms with Gasteiger partial charge in [0.2, 0.25) is 0 Å². The van der Waals surface area contributed by atoms with E-state index in [1.165, 1.54) is 0 Å². The monoisotopic (exact) mass is 394 g/mol. The summed E-state index contributed by atoms with van der Waals surface area (Å²) in [5.41, 5.74) is -2.74. The van der Waals surface area contributed by atoms with Gasteiger partial charge in [0.15, 0.2) is 5.60 Å². The van der Waals surface area contributed by atoms with Crippen molar-refractivity contribution < 1.29 is 144 Å². The molecular formula is C12H21Na3O10. The van der Waals surface area contributed by atoms with Crippen molar-refractivity contribution in [1.29, 1.82) is 0 Å². The van der Waals surface area contributed by atoms with Crippen molar-refractivity contribution in [3.8, 4) is 5.75 Å². The van der Waals surface area contributed by atoms with E-state index in [9.17, 15) is 14.4 Å². The van der Waals surface area contributed by atoms with E-state index in [2.05, 4.69) is 0 Å². The summed E-state index contributed by atoms with van der Waals surface area (Å²) in [7, 11) is 0. The molecular weight excluding hydrogens is 373 g/mol. The second-order valence-corrected chi connectivity index (χ2v) is 3.81. The molecule has 0 atom stereocenters. The zero-order chi connectivity index (χ0) is 15.8. The van der Waals surface area contributed by atoms with E-state index in [0.29, 0.717) is 5.75 Å². The van der Waals surface area contributed by atoms with E-state index >= 15 is 0 Å². The number of hydrogen-bond donors (Lipinski definition) is 5. The number of rotatable bonds is 5. The Balaban J connectivity index is -0.0000000308. The van der Waals surface area contributed by atoms with Crippen molar-refractivity contribution >= 4 is 17.9 Å². The fourth-order valence-electron chi connectivity index (χ4n) is 1.14. The number of aliphatic hydroxyl groups is 1. The predicted octanol–water partition coefficient (Wildman–Crippen LogP) is -10.2. The Bertz CT molecular complexity index is 481. The molecule has 0 spiro atoms. The first-order valence-electron chi connectivity index (χ1n) is 5.31. The maximum Gasteiger partial charge on any atom is 1.00 e. The second kappa shape index (κ2) is 20.6. The number of phenols is 1. The van der Waals surface area contributed by atoms with Gasteiger partial charge in [-0.25, -0.2) is 4.79 Å². The molecule has 0 aliphatic carbocycles. The number of carboxylic acids is 3. The van der Waals surface area contributed by atoms with Crippen molar-refractivity contribution in [3.63, 3.8) is 0 Å². The molecule has 0 aliphatic rings. The number of para-hydroxylation sites is 1. The van der Waals surface area contributed by atoms with Gasteiger partial charge < -0.3 is 40.8 Å². The van der Waals surface area contributed by atoms with Crippen LogP contribution in [0.5, 0.6) is 5.75 Å². The van der Waals surface area contributed by atoms with Gasteiger partial charge in [-0.05, 0) is 12.1 Å². The molecule has 1 aromatic carbocycles. The summed E-state index contributed by atoms with van der Waals surface area (Å²) in [5, 5.41) is 42.4. The molecule has 0 aromatic heterocycles. The first-order valence-corrected chi connectivity index (χ1v) is 5.31. The third kappa shape index (κ3) is 20.5. The Labute approximate surface area is 214 Å². The number of aromatic hydroxyl groups is 1. The normalized spacial score (nSPS) is 8.04. The Morgan fingerprint density at radius 1 is 0.840 bits per heavy atom. The van der Waals surface area contributed by atoms with Crippen LogP contribution in [-0.2, 0) is 14.4 Å². The SMILES string of the molecule is O.O.O=C(O)CC(O)(CC(=O)O)C(=O)O.Oc1ccccc1.[H-].[H-].[H-].[Na+].[Na+].[Na+]. The summed E-state index contributed by atoms with van der Waals surface area (Å²) in [6.07, 6.45) is -2.29. The molecule has 25 heavy (non-hydrogen) atoms. The fraction of sp³-hybridized carbons (Fsp3) is 0.250. The Morgan fingerprint density at radius 3 is 1.32 bits per heavy atom. The predicted molar refractivity (Wildman–Crippen MR) is 75.8 cm³/mol. The first kappa shape index (κ1) is 40.1. The van der Waals surface area contributed by atoms with Gasteiger partial charge in [-0.2, -0.15) is 0 Å². The van der Waals surface area contributed by atoms with Crippen LogP contribution < -0.4 is 88.7 Å². The standard InChI is InChI=1S/C6H8O7.C6H6O.3Na.2H2O.3H/c7-3(8)1-6(13,5(11)12)2-4(9)10;7-6-4-2-1-3-5-6;;;;;;;;/h13H,1-2H2,(H,7,8)(H,9,10)(H,11,12);1-5,7H;;;;2*1H2;;;/q;;3*+1;;;3*-1. The van der Waals surface area contributed by atoms with Gasteiger partial charge in [-0.15, -0.1) is 0 Å². The summed E-state index contributed by atoms with van der Waals surface area (Å²) in [5.74, 6) is -4.70. The van der Waals surface area contributed by atoms with Crippen molar-refractivity contribution in [2.75, 3.05) is 0 Å². The Kier molecular flexibility index (Phi) is 33.1. The van der Waals surface area contributed by atoms with E-state index in [0.717, 1.165) is 0 Å². The van der Waals surface area contributed by atoms with Crippen LogP contribution in [0, 0.1) is 0 Å². The fourth-order valence-corrected chi connectivity index (χ4v) is 1.14. The molecule has 0 unspecified atom stereocenters. The third-order valence-electron chi connectivity index (χ3n) is 2.04. The zero-order valence-corrected chi connectivity index (χ0v) is 20.3. The summed E-state index contributed by atoms with van der Waals surface area (Å²) in [6, 6.07) is 8.71. The average Bonchev–Trinajstić information content (AvgIpc) is 2.28. The number of carbonyl (C=O) groups is 3. The molecule has 0 amide bonds.